The number of nitrogens with one attached hydrogen (secondary N) is 1. The number of ether oxygens (including phenoxy) is 1. The maximum absolute atomic E-state index is 11.8. The zero-order chi connectivity index (χ0) is 13.8. The van der Waals surface area contributed by atoms with Crippen LogP contribution in [0.3, 0.4) is 0 Å². The lowest BCUT2D eigenvalue weighted by Crippen LogP contribution is -2.32. The minimum atomic E-state index is 0.0208. The number of fused-ring (bicyclic) bond motifs is 1. The molecule has 0 bridgehead atoms. The van der Waals surface area contributed by atoms with Gasteiger partial charge in [0.25, 0.3) is 0 Å². The van der Waals surface area contributed by atoms with E-state index in [4.69, 9.17) is 4.74 Å². The van der Waals surface area contributed by atoms with Crippen LogP contribution in [0.25, 0.3) is 10.2 Å². The van der Waals surface area contributed by atoms with Gasteiger partial charge in [-0.3, -0.25) is 4.79 Å². The van der Waals surface area contributed by atoms with Crippen molar-refractivity contribution < 1.29 is 9.53 Å². The monoisotopic (exact) mass is 309 g/mol. The second kappa shape index (κ2) is 6.51. The molecule has 1 atom stereocenters. The Morgan fingerprint density at radius 3 is 3.35 bits per heavy atom. The molecule has 7 heteroatoms. The highest BCUT2D eigenvalue weighted by atomic mass is 32.2. The van der Waals surface area contributed by atoms with Gasteiger partial charge in [-0.25, -0.2) is 9.97 Å². The van der Waals surface area contributed by atoms with Crippen molar-refractivity contribution in [3.05, 3.63) is 17.8 Å². The van der Waals surface area contributed by atoms with E-state index in [9.17, 15) is 4.79 Å². The summed E-state index contributed by atoms with van der Waals surface area (Å²) in [5.74, 6) is 0.391. The number of rotatable bonds is 5. The van der Waals surface area contributed by atoms with Gasteiger partial charge in [0.15, 0.2) is 0 Å². The highest BCUT2D eigenvalue weighted by molar-refractivity contribution is 8.00. The SMILES string of the molecule is O=C(CSc1ncnc2sccc12)NC[C@@H]1CCCO1. The Balaban J connectivity index is 1.51. The van der Waals surface area contributed by atoms with E-state index >= 15 is 0 Å². The molecular formula is C13H15N3O2S2. The van der Waals surface area contributed by atoms with Crippen molar-refractivity contribution in [1.82, 2.24) is 15.3 Å². The molecule has 1 aliphatic rings. The van der Waals surface area contributed by atoms with Crippen molar-refractivity contribution in [2.24, 2.45) is 0 Å². The second-order valence-corrected chi connectivity index (χ2v) is 6.40. The predicted octanol–water partition coefficient (Wildman–Crippen LogP) is 2.08. The van der Waals surface area contributed by atoms with Crippen molar-refractivity contribution in [1.29, 1.82) is 0 Å². The third-order valence-corrected chi connectivity index (χ3v) is 4.94. The summed E-state index contributed by atoms with van der Waals surface area (Å²) in [5.41, 5.74) is 0. The summed E-state index contributed by atoms with van der Waals surface area (Å²) in [6.07, 6.45) is 3.86. The van der Waals surface area contributed by atoms with E-state index in [0.29, 0.717) is 12.3 Å². The topological polar surface area (TPSA) is 64.1 Å². The molecule has 1 amide bonds. The highest BCUT2D eigenvalue weighted by Gasteiger charge is 2.16. The number of thioether (sulfide) groups is 1. The number of carbonyl (C=O) groups is 1. The van der Waals surface area contributed by atoms with Gasteiger partial charge in [0.05, 0.1) is 11.9 Å². The zero-order valence-corrected chi connectivity index (χ0v) is 12.5. The summed E-state index contributed by atoms with van der Waals surface area (Å²) in [5, 5.41) is 6.79. The van der Waals surface area contributed by atoms with Crippen LogP contribution in [0.2, 0.25) is 0 Å². The molecule has 106 valence electrons. The molecule has 0 saturated carbocycles. The fourth-order valence-corrected chi connectivity index (χ4v) is 3.71. The smallest absolute Gasteiger partial charge is 0.230 e. The Kier molecular flexibility index (Phi) is 4.49. The first-order valence-electron chi connectivity index (χ1n) is 6.52. The minimum absolute atomic E-state index is 0.0208. The first-order valence-corrected chi connectivity index (χ1v) is 8.39. The van der Waals surface area contributed by atoms with Gasteiger partial charge in [-0.15, -0.1) is 11.3 Å². The van der Waals surface area contributed by atoms with Crippen LogP contribution in [-0.4, -0.2) is 40.9 Å². The van der Waals surface area contributed by atoms with Crippen LogP contribution in [0.5, 0.6) is 0 Å². The molecule has 3 heterocycles. The Morgan fingerprint density at radius 2 is 2.50 bits per heavy atom. The molecule has 2 aromatic rings. The highest BCUT2D eigenvalue weighted by Crippen LogP contribution is 2.27. The second-order valence-electron chi connectivity index (χ2n) is 4.55. The maximum Gasteiger partial charge on any atom is 0.230 e. The predicted molar refractivity (Wildman–Crippen MR) is 80.1 cm³/mol. The summed E-state index contributed by atoms with van der Waals surface area (Å²) in [4.78, 5) is 21.2. The molecule has 20 heavy (non-hydrogen) atoms. The molecule has 0 aromatic carbocycles. The van der Waals surface area contributed by atoms with Crippen LogP contribution in [0.4, 0.5) is 0 Å². The van der Waals surface area contributed by atoms with Crippen molar-refractivity contribution in [3.8, 4) is 0 Å². The fraction of sp³-hybridized carbons (Fsp3) is 0.462. The lowest BCUT2D eigenvalue weighted by molar-refractivity contribution is -0.119. The van der Waals surface area contributed by atoms with E-state index in [-0.39, 0.29) is 12.0 Å². The molecule has 3 rings (SSSR count). The molecule has 0 radical (unpaired) electrons. The van der Waals surface area contributed by atoms with Crippen LogP contribution < -0.4 is 5.32 Å². The van der Waals surface area contributed by atoms with E-state index in [2.05, 4.69) is 15.3 Å². The molecule has 1 fully saturated rings. The molecular weight excluding hydrogens is 294 g/mol. The van der Waals surface area contributed by atoms with Crippen LogP contribution in [0.1, 0.15) is 12.8 Å². The third-order valence-electron chi connectivity index (χ3n) is 3.12. The van der Waals surface area contributed by atoms with Crippen LogP contribution in [0.15, 0.2) is 22.8 Å². The van der Waals surface area contributed by atoms with Crippen LogP contribution >= 0.6 is 23.1 Å². The number of carbonyl (C=O) groups excluding carboxylic acids is 1. The molecule has 1 N–H and O–H groups in total. The van der Waals surface area contributed by atoms with Gasteiger partial charge < -0.3 is 10.1 Å². The number of hydrogen-bond donors (Lipinski definition) is 1. The number of thiophene rings is 1. The Morgan fingerprint density at radius 1 is 1.55 bits per heavy atom. The average Bonchev–Trinajstić information content (AvgIpc) is 3.13. The quantitative estimate of drug-likeness (QED) is 0.677. The minimum Gasteiger partial charge on any atom is -0.376 e. The van der Waals surface area contributed by atoms with Gasteiger partial charge >= 0.3 is 0 Å². The van der Waals surface area contributed by atoms with Gasteiger partial charge in [0, 0.05) is 18.5 Å². The molecule has 5 nitrogen and oxygen atoms in total. The Labute approximate surface area is 125 Å². The van der Waals surface area contributed by atoms with E-state index in [1.165, 1.54) is 11.8 Å². The van der Waals surface area contributed by atoms with Gasteiger partial charge in [0.2, 0.25) is 5.91 Å². The molecule has 1 aliphatic heterocycles. The third kappa shape index (κ3) is 3.28. The van der Waals surface area contributed by atoms with Gasteiger partial charge in [0.1, 0.15) is 16.2 Å². The van der Waals surface area contributed by atoms with E-state index in [1.807, 2.05) is 11.4 Å². The number of hydrogen-bond acceptors (Lipinski definition) is 6. The Hall–Kier alpha value is -1.18. The fourth-order valence-electron chi connectivity index (χ4n) is 2.10. The molecule has 0 aliphatic carbocycles. The lowest BCUT2D eigenvalue weighted by atomic mass is 10.2. The largest absolute Gasteiger partial charge is 0.376 e. The van der Waals surface area contributed by atoms with Crippen LogP contribution in [-0.2, 0) is 9.53 Å². The normalized spacial score (nSPS) is 18.5. The molecule has 2 aromatic heterocycles. The zero-order valence-electron chi connectivity index (χ0n) is 10.9. The summed E-state index contributed by atoms with van der Waals surface area (Å²) >= 11 is 3.03. The van der Waals surface area contributed by atoms with Gasteiger partial charge in [-0.05, 0) is 24.3 Å². The summed E-state index contributed by atoms with van der Waals surface area (Å²) in [6.45, 7) is 1.42. The number of nitrogens with zero attached hydrogens (tertiary/aromatic N) is 2. The Bertz CT molecular complexity index is 596. The first-order chi connectivity index (χ1) is 9.83. The standard InChI is InChI=1S/C13H15N3O2S2/c17-11(14-6-9-2-1-4-18-9)7-20-13-10-3-5-19-12(10)15-8-16-13/h3,5,8-9H,1-2,4,6-7H2,(H,14,17)/t9-/m0/s1. The maximum atomic E-state index is 11.8. The van der Waals surface area contributed by atoms with Gasteiger partial charge in [-0.2, -0.15) is 0 Å². The molecule has 0 spiro atoms. The lowest BCUT2D eigenvalue weighted by Gasteiger charge is -2.10. The summed E-state index contributed by atoms with van der Waals surface area (Å²) < 4.78 is 5.47. The van der Waals surface area contributed by atoms with Crippen molar-refractivity contribution in [2.75, 3.05) is 18.9 Å². The average molecular weight is 309 g/mol. The van der Waals surface area contributed by atoms with E-state index in [1.54, 1.807) is 17.7 Å². The number of aromatic nitrogens is 2. The molecule has 0 unspecified atom stereocenters. The summed E-state index contributed by atoms with van der Waals surface area (Å²) in [6, 6.07) is 1.99. The van der Waals surface area contributed by atoms with Crippen molar-refractivity contribution in [2.45, 2.75) is 24.0 Å². The summed E-state index contributed by atoms with van der Waals surface area (Å²) in [7, 11) is 0. The van der Waals surface area contributed by atoms with Crippen molar-refractivity contribution >= 4 is 39.2 Å². The number of amides is 1. The molecule has 1 saturated heterocycles. The van der Waals surface area contributed by atoms with Crippen molar-refractivity contribution in [3.63, 3.8) is 0 Å². The van der Waals surface area contributed by atoms with E-state index < -0.39 is 0 Å². The first kappa shape index (κ1) is 13.8. The van der Waals surface area contributed by atoms with E-state index in [0.717, 1.165) is 34.7 Å². The van der Waals surface area contributed by atoms with Gasteiger partial charge in [-0.1, -0.05) is 11.8 Å². The van der Waals surface area contributed by atoms with Crippen LogP contribution in [0, 0.1) is 0 Å².